The van der Waals surface area contributed by atoms with E-state index in [1.54, 1.807) is 0 Å². The first-order chi connectivity index (χ1) is 8.83. The summed E-state index contributed by atoms with van der Waals surface area (Å²) in [6, 6.07) is 13.8. The molecular weight excluding hydrogens is 238 g/mol. The van der Waals surface area contributed by atoms with Gasteiger partial charge < -0.3 is 5.32 Å². The fourth-order valence-corrected chi connectivity index (χ4v) is 3.22. The lowest BCUT2D eigenvalue weighted by atomic mass is 10.1. The number of hydrogen-bond acceptors (Lipinski definition) is 2. The lowest BCUT2D eigenvalue weighted by Gasteiger charge is -2.17. The summed E-state index contributed by atoms with van der Waals surface area (Å²) in [5, 5.41) is 5.91. The Bertz CT molecular complexity index is 482. The van der Waals surface area contributed by atoms with Crippen molar-refractivity contribution in [2.45, 2.75) is 32.4 Å². The van der Waals surface area contributed by atoms with Gasteiger partial charge in [0, 0.05) is 17.5 Å². The van der Waals surface area contributed by atoms with Crippen LogP contribution in [-0.2, 0) is 6.54 Å². The highest BCUT2D eigenvalue weighted by Crippen LogP contribution is 2.42. The summed E-state index contributed by atoms with van der Waals surface area (Å²) in [5.41, 5.74) is 2.71. The molecule has 1 nitrogen and oxygen atoms in total. The standard InChI is InChI=1S/C16H19NS/c1-12-4-6-13(7-5-12)11-17-16(14-8-9-14)15-3-2-10-18-15/h2-7,10,14,16-17H,8-9,11H2,1H3. The van der Waals surface area contributed by atoms with Crippen molar-refractivity contribution >= 4 is 11.3 Å². The molecule has 0 saturated heterocycles. The Balaban J connectivity index is 1.65. The first-order valence-electron chi connectivity index (χ1n) is 6.65. The average molecular weight is 257 g/mol. The minimum absolute atomic E-state index is 0.561. The molecule has 1 aliphatic rings. The topological polar surface area (TPSA) is 12.0 Å². The van der Waals surface area contributed by atoms with Crippen molar-refractivity contribution in [2.75, 3.05) is 0 Å². The van der Waals surface area contributed by atoms with Gasteiger partial charge in [-0.3, -0.25) is 0 Å². The van der Waals surface area contributed by atoms with E-state index < -0.39 is 0 Å². The Morgan fingerprint density at radius 1 is 1.22 bits per heavy atom. The summed E-state index contributed by atoms with van der Waals surface area (Å²) >= 11 is 1.87. The highest BCUT2D eigenvalue weighted by atomic mass is 32.1. The Labute approximate surface area is 113 Å². The van der Waals surface area contributed by atoms with Crippen LogP contribution in [0.25, 0.3) is 0 Å². The molecule has 0 aliphatic heterocycles. The van der Waals surface area contributed by atoms with Gasteiger partial charge in [0.1, 0.15) is 0 Å². The molecule has 1 N–H and O–H groups in total. The van der Waals surface area contributed by atoms with Gasteiger partial charge in [-0.25, -0.2) is 0 Å². The summed E-state index contributed by atoms with van der Waals surface area (Å²) in [6.07, 6.45) is 2.76. The minimum Gasteiger partial charge on any atom is -0.305 e. The van der Waals surface area contributed by atoms with Crippen molar-refractivity contribution in [3.05, 3.63) is 57.8 Å². The van der Waals surface area contributed by atoms with Gasteiger partial charge >= 0.3 is 0 Å². The Morgan fingerprint density at radius 3 is 2.61 bits per heavy atom. The SMILES string of the molecule is Cc1ccc(CNC(c2cccs2)C2CC2)cc1. The van der Waals surface area contributed by atoms with Gasteiger partial charge in [-0.05, 0) is 42.7 Å². The molecule has 1 unspecified atom stereocenters. The molecule has 0 spiro atoms. The molecular formula is C16H19NS. The van der Waals surface area contributed by atoms with Crippen LogP contribution < -0.4 is 5.32 Å². The fourth-order valence-electron chi connectivity index (χ4n) is 2.33. The molecule has 1 saturated carbocycles. The molecule has 0 amide bonds. The van der Waals surface area contributed by atoms with E-state index in [-0.39, 0.29) is 0 Å². The summed E-state index contributed by atoms with van der Waals surface area (Å²) in [7, 11) is 0. The molecule has 1 fully saturated rings. The van der Waals surface area contributed by atoms with Crippen LogP contribution in [0.3, 0.4) is 0 Å². The largest absolute Gasteiger partial charge is 0.305 e. The van der Waals surface area contributed by atoms with E-state index in [0.29, 0.717) is 6.04 Å². The van der Waals surface area contributed by atoms with Gasteiger partial charge in [-0.1, -0.05) is 35.9 Å². The third-order valence-electron chi connectivity index (χ3n) is 3.59. The molecule has 1 atom stereocenters. The maximum Gasteiger partial charge on any atom is 0.0446 e. The normalized spacial score (nSPS) is 16.7. The van der Waals surface area contributed by atoms with Gasteiger partial charge in [-0.2, -0.15) is 0 Å². The first kappa shape index (κ1) is 11.9. The van der Waals surface area contributed by atoms with Crippen LogP contribution in [0.2, 0.25) is 0 Å². The van der Waals surface area contributed by atoms with Crippen LogP contribution in [0.5, 0.6) is 0 Å². The number of benzene rings is 1. The van der Waals surface area contributed by atoms with Crippen molar-refractivity contribution in [1.82, 2.24) is 5.32 Å². The molecule has 2 aromatic rings. The lowest BCUT2D eigenvalue weighted by Crippen LogP contribution is -2.21. The summed E-state index contributed by atoms with van der Waals surface area (Å²) in [6.45, 7) is 3.11. The second-order valence-electron chi connectivity index (χ2n) is 5.20. The first-order valence-corrected chi connectivity index (χ1v) is 7.53. The lowest BCUT2D eigenvalue weighted by molar-refractivity contribution is 0.487. The molecule has 0 radical (unpaired) electrons. The second kappa shape index (κ2) is 5.25. The quantitative estimate of drug-likeness (QED) is 0.842. The molecule has 1 aliphatic carbocycles. The Morgan fingerprint density at radius 2 is 2.00 bits per heavy atom. The van der Waals surface area contributed by atoms with E-state index in [9.17, 15) is 0 Å². The van der Waals surface area contributed by atoms with Crippen molar-refractivity contribution in [1.29, 1.82) is 0 Å². The van der Waals surface area contributed by atoms with Crippen molar-refractivity contribution in [3.8, 4) is 0 Å². The zero-order valence-corrected chi connectivity index (χ0v) is 11.5. The highest BCUT2D eigenvalue weighted by molar-refractivity contribution is 7.10. The number of rotatable bonds is 5. The van der Waals surface area contributed by atoms with E-state index in [1.807, 2.05) is 11.3 Å². The molecule has 94 valence electrons. The molecule has 0 bridgehead atoms. The van der Waals surface area contributed by atoms with Crippen molar-refractivity contribution < 1.29 is 0 Å². The Hall–Kier alpha value is -1.12. The predicted molar refractivity (Wildman–Crippen MR) is 77.8 cm³/mol. The van der Waals surface area contributed by atoms with Crippen molar-refractivity contribution in [2.24, 2.45) is 5.92 Å². The van der Waals surface area contributed by atoms with Crippen LogP contribution in [0.15, 0.2) is 41.8 Å². The predicted octanol–water partition coefficient (Wildman–Crippen LogP) is 4.30. The van der Waals surface area contributed by atoms with E-state index in [4.69, 9.17) is 0 Å². The summed E-state index contributed by atoms with van der Waals surface area (Å²) in [4.78, 5) is 1.49. The molecule has 3 rings (SSSR count). The molecule has 1 heterocycles. The zero-order valence-electron chi connectivity index (χ0n) is 10.7. The monoisotopic (exact) mass is 257 g/mol. The Kier molecular flexibility index (Phi) is 3.48. The van der Waals surface area contributed by atoms with Gasteiger partial charge in [0.25, 0.3) is 0 Å². The zero-order chi connectivity index (χ0) is 12.4. The average Bonchev–Trinajstić information content (AvgIpc) is 3.07. The van der Waals surface area contributed by atoms with Crippen LogP contribution in [0.1, 0.15) is 34.9 Å². The third-order valence-corrected chi connectivity index (χ3v) is 4.55. The molecule has 18 heavy (non-hydrogen) atoms. The van der Waals surface area contributed by atoms with Crippen LogP contribution in [0, 0.1) is 12.8 Å². The van der Waals surface area contributed by atoms with Gasteiger partial charge in [0.2, 0.25) is 0 Å². The van der Waals surface area contributed by atoms with E-state index in [2.05, 4.69) is 54.0 Å². The fraction of sp³-hybridized carbons (Fsp3) is 0.375. The summed E-state index contributed by atoms with van der Waals surface area (Å²) < 4.78 is 0. The van der Waals surface area contributed by atoms with E-state index >= 15 is 0 Å². The molecule has 1 aromatic carbocycles. The van der Waals surface area contributed by atoms with Crippen LogP contribution in [0.4, 0.5) is 0 Å². The van der Waals surface area contributed by atoms with Gasteiger partial charge in [0.05, 0.1) is 0 Å². The van der Waals surface area contributed by atoms with Gasteiger partial charge in [0.15, 0.2) is 0 Å². The highest BCUT2D eigenvalue weighted by Gasteiger charge is 2.32. The van der Waals surface area contributed by atoms with Crippen LogP contribution >= 0.6 is 11.3 Å². The molecule has 2 heteroatoms. The third kappa shape index (κ3) is 2.82. The maximum atomic E-state index is 3.73. The number of aryl methyl sites for hydroxylation is 1. The number of thiophene rings is 1. The van der Waals surface area contributed by atoms with Crippen LogP contribution in [-0.4, -0.2) is 0 Å². The second-order valence-corrected chi connectivity index (χ2v) is 6.18. The molecule has 1 aromatic heterocycles. The number of nitrogens with one attached hydrogen (secondary N) is 1. The van der Waals surface area contributed by atoms with Crippen molar-refractivity contribution in [3.63, 3.8) is 0 Å². The summed E-state index contributed by atoms with van der Waals surface area (Å²) in [5.74, 6) is 0.856. The minimum atomic E-state index is 0.561. The van der Waals surface area contributed by atoms with E-state index in [1.165, 1.54) is 28.8 Å². The number of hydrogen-bond donors (Lipinski definition) is 1. The van der Waals surface area contributed by atoms with Gasteiger partial charge in [-0.15, -0.1) is 11.3 Å². The smallest absolute Gasteiger partial charge is 0.0446 e. The van der Waals surface area contributed by atoms with E-state index in [0.717, 1.165) is 12.5 Å². The maximum absolute atomic E-state index is 3.73.